The SMILES string of the molecule is C=CCOc1ccccc1C=Nc1sc2ccccc2c1C(=O)OCC. The first-order chi connectivity index (χ1) is 12.7. The van der Waals surface area contributed by atoms with E-state index in [-0.39, 0.29) is 5.97 Å². The van der Waals surface area contributed by atoms with Crippen LogP contribution in [-0.4, -0.2) is 25.4 Å². The number of fused-ring (bicyclic) bond motifs is 1. The highest BCUT2D eigenvalue weighted by Gasteiger charge is 2.19. The van der Waals surface area contributed by atoms with Crippen molar-refractivity contribution in [2.75, 3.05) is 13.2 Å². The molecule has 5 heteroatoms. The first kappa shape index (κ1) is 17.9. The lowest BCUT2D eigenvalue weighted by atomic mass is 10.1. The molecule has 0 aliphatic heterocycles. The third kappa shape index (κ3) is 3.83. The number of esters is 1. The molecule has 0 aliphatic rings. The van der Waals surface area contributed by atoms with Gasteiger partial charge in [-0.2, -0.15) is 0 Å². The van der Waals surface area contributed by atoms with Gasteiger partial charge in [0, 0.05) is 21.9 Å². The fraction of sp³-hybridized carbons (Fsp3) is 0.143. The van der Waals surface area contributed by atoms with Crippen molar-refractivity contribution in [2.24, 2.45) is 4.99 Å². The number of hydrogen-bond acceptors (Lipinski definition) is 5. The Morgan fingerprint density at radius 3 is 2.77 bits per heavy atom. The number of thiophene rings is 1. The number of hydrogen-bond donors (Lipinski definition) is 0. The first-order valence-corrected chi connectivity index (χ1v) is 9.11. The summed E-state index contributed by atoms with van der Waals surface area (Å²) in [7, 11) is 0. The second-order valence-electron chi connectivity index (χ2n) is 5.39. The molecule has 0 bridgehead atoms. The van der Waals surface area contributed by atoms with Gasteiger partial charge in [-0.3, -0.25) is 0 Å². The zero-order valence-electron chi connectivity index (χ0n) is 14.5. The van der Waals surface area contributed by atoms with Gasteiger partial charge in [-0.1, -0.05) is 43.0 Å². The zero-order valence-corrected chi connectivity index (χ0v) is 15.3. The fourth-order valence-corrected chi connectivity index (χ4v) is 3.56. The van der Waals surface area contributed by atoms with E-state index < -0.39 is 0 Å². The minimum Gasteiger partial charge on any atom is -0.489 e. The maximum absolute atomic E-state index is 12.4. The average molecular weight is 365 g/mol. The van der Waals surface area contributed by atoms with Crippen molar-refractivity contribution in [1.29, 1.82) is 0 Å². The van der Waals surface area contributed by atoms with E-state index in [1.165, 1.54) is 11.3 Å². The number of rotatable bonds is 7. The van der Waals surface area contributed by atoms with Gasteiger partial charge in [0.05, 0.1) is 6.61 Å². The zero-order chi connectivity index (χ0) is 18.4. The van der Waals surface area contributed by atoms with Crippen LogP contribution in [0.1, 0.15) is 22.8 Å². The molecule has 0 saturated carbocycles. The lowest BCUT2D eigenvalue weighted by Crippen LogP contribution is -2.04. The summed E-state index contributed by atoms with van der Waals surface area (Å²) in [5.74, 6) is 0.364. The van der Waals surface area contributed by atoms with Crippen LogP contribution in [0.4, 0.5) is 5.00 Å². The number of ether oxygens (including phenoxy) is 2. The van der Waals surface area contributed by atoms with Crippen molar-refractivity contribution >= 4 is 38.6 Å². The van der Waals surface area contributed by atoms with Crippen molar-refractivity contribution in [3.63, 3.8) is 0 Å². The molecule has 0 radical (unpaired) electrons. The lowest BCUT2D eigenvalue weighted by molar-refractivity contribution is 0.0530. The number of aliphatic imine (C=N–C) groups is 1. The molecule has 0 atom stereocenters. The van der Waals surface area contributed by atoms with Crippen molar-refractivity contribution in [3.05, 3.63) is 72.3 Å². The minimum atomic E-state index is -0.353. The first-order valence-electron chi connectivity index (χ1n) is 8.30. The van der Waals surface area contributed by atoms with Crippen LogP contribution in [-0.2, 0) is 4.74 Å². The van der Waals surface area contributed by atoms with Crippen LogP contribution in [0, 0.1) is 0 Å². The summed E-state index contributed by atoms with van der Waals surface area (Å²) in [6.07, 6.45) is 3.41. The number of para-hydroxylation sites is 1. The van der Waals surface area contributed by atoms with Crippen LogP contribution in [0.5, 0.6) is 5.75 Å². The van der Waals surface area contributed by atoms with E-state index in [1.807, 2.05) is 48.5 Å². The highest BCUT2D eigenvalue weighted by atomic mass is 32.1. The molecule has 2 aromatic carbocycles. The molecule has 1 aromatic heterocycles. The van der Waals surface area contributed by atoms with Crippen molar-refractivity contribution in [3.8, 4) is 5.75 Å². The molecular weight excluding hydrogens is 346 g/mol. The Morgan fingerprint density at radius 2 is 1.96 bits per heavy atom. The Morgan fingerprint density at radius 1 is 1.19 bits per heavy atom. The van der Waals surface area contributed by atoms with Gasteiger partial charge in [-0.05, 0) is 25.1 Å². The summed E-state index contributed by atoms with van der Waals surface area (Å²) < 4.78 is 11.9. The molecular formula is C21H19NO3S. The van der Waals surface area contributed by atoms with E-state index in [2.05, 4.69) is 11.6 Å². The maximum atomic E-state index is 12.4. The number of benzene rings is 2. The lowest BCUT2D eigenvalue weighted by Gasteiger charge is -2.06. The van der Waals surface area contributed by atoms with E-state index in [0.29, 0.717) is 23.8 Å². The van der Waals surface area contributed by atoms with E-state index in [4.69, 9.17) is 9.47 Å². The van der Waals surface area contributed by atoms with Gasteiger partial charge in [0.15, 0.2) is 0 Å². The van der Waals surface area contributed by atoms with E-state index >= 15 is 0 Å². The van der Waals surface area contributed by atoms with Crippen LogP contribution in [0.25, 0.3) is 10.1 Å². The summed E-state index contributed by atoms with van der Waals surface area (Å²) in [4.78, 5) is 17.0. The number of carbonyl (C=O) groups is 1. The molecule has 4 nitrogen and oxygen atoms in total. The fourth-order valence-electron chi connectivity index (χ4n) is 2.52. The van der Waals surface area contributed by atoms with Gasteiger partial charge in [0.25, 0.3) is 0 Å². The Labute approximate surface area is 156 Å². The van der Waals surface area contributed by atoms with Gasteiger partial charge in [-0.15, -0.1) is 11.3 Å². The smallest absolute Gasteiger partial charge is 0.341 e. The maximum Gasteiger partial charge on any atom is 0.341 e. The third-order valence-electron chi connectivity index (χ3n) is 3.65. The molecule has 132 valence electrons. The topological polar surface area (TPSA) is 47.9 Å². The Bertz CT molecular complexity index is 959. The van der Waals surface area contributed by atoms with Gasteiger partial charge in [-0.25, -0.2) is 9.79 Å². The van der Waals surface area contributed by atoms with Crippen molar-refractivity contribution in [1.82, 2.24) is 0 Å². The quantitative estimate of drug-likeness (QED) is 0.320. The van der Waals surface area contributed by atoms with Crippen LogP contribution in [0.2, 0.25) is 0 Å². The average Bonchev–Trinajstić information content (AvgIpc) is 3.04. The molecule has 3 rings (SSSR count). The van der Waals surface area contributed by atoms with Crippen molar-refractivity contribution < 1.29 is 14.3 Å². The summed E-state index contributed by atoms with van der Waals surface area (Å²) in [5.41, 5.74) is 1.34. The molecule has 0 aliphatic carbocycles. The van der Waals surface area contributed by atoms with E-state index in [0.717, 1.165) is 21.4 Å². The normalized spacial score (nSPS) is 11.0. The Hall–Kier alpha value is -2.92. The third-order valence-corrected chi connectivity index (χ3v) is 4.73. The summed E-state index contributed by atoms with van der Waals surface area (Å²) in [5, 5.41) is 1.49. The molecule has 0 amide bonds. The van der Waals surface area contributed by atoms with Gasteiger partial charge < -0.3 is 9.47 Å². The minimum absolute atomic E-state index is 0.324. The largest absolute Gasteiger partial charge is 0.489 e. The van der Waals surface area contributed by atoms with Crippen LogP contribution >= 0.6 is 11.3 Å². The van der Waals surface area contributed by atoms with Crippen LogP contribution in [0.3, 0.4) is 0 Å². The predicted molar refractivity (Wildman–Crippen MR) is 107 cm³/mol. The van der Waals surface area contributed by atoms with Gasteiger partial charge in [0.1, 0.15) is 22.9 Å². The molecule has 0 unspecified atom stereocenters. The summed E-state index contributed by atoms with van der Waals surface area (Å²) >= 11 is 1.47. The van der Waals surface area contributed by atoms with Gasteiger partial charge >= 0.3 is 5.97 Å². The van der Waals surface area contributed by atoms with Crippen LogP contribution in [0.15, 0.2) is 66.2 Å². The molecule has 0 spiro atoms. The van der Waals surface area contributed by atoms with E-state index in [1.54, 1.807) is 19.2 Å². The van der Waals surface area contributed by atoms with Crippen molar-refractivity contribution in [2.45, 2.75) is 6.92 Å². The second kappa shape index (κ2) is 8.45. The molecule has 0 saturated heterocycles. The highest BCUT2D eigenvalue weighted by Crippen LogP contribution is 2.38. The highest BCUT2D eigenvalue weighted by molar-refractivity contribution is 7.23. The molecule has 0 N–H and O–H groups in total. The Kier molecular flexibility index (Phi) is 5.81. The molecule has 0 fully saturated rings. The predicted octanol–water partition coefficient (Wildman–Crippen LogP) is 5.39. The Balaban J connectivity index is 2.01. The molecule has 3 aromatic rings. The number of nitrogens with zero attached hydrogens (tertiary/aromatic N) is 1. The van der Waals surface area contributed by atoms with Gasteiger partial charge in [0.2, 0.25) is 0 Å². The van der Waals surface area contributed by atoms with E-state index in [9.17, 15) is 4.79 Å². The number of carbonyl (C=O) groups excluding carboxylic acids is 1. The van der Waals surface area contributed by atoms with Crippen LogP contribution < -0.4 is 4.74 Å². The second-order valence-corrected chi connectivity index (χ2v) is 6.43. The summed E-state index contributed by atoms with van der Waals surface area (Å²) in [6, 6.07) is 15.4. The molecule has 26 heavy (non-hydrogen) atoms. The standard InChI is InChI=1S/C21H19NO3S/c1-3-13-25-17-11-7-5-9-15(17)14-22-20-19(21(23)24-4-2)16-10-6-8-12-18(16)26-20/h3,5-12,14H,1,4,13H2,2H3. The summed E-state index contributed by atoms with van der Waals surface area (Å²) in [6.45, 7) is 6.20. The molecule has 1 heterocycles. The monoisotopic (exact) mass is 365 g/mol.